The Labute approximate surface area is 126 Å². The molecule has 3 nitrogen and oxygen atoms in total. The van der Waals surface area contributed by atoms with Crippen molar-refractivity contribution in [2.75, 3.05) is 17.9 Å². The number of rotatable bonds is 5. The van der Waals surface area contributed by atoms with Crippen LogP contribution in [0.25, 0.3) is 11.0 Å². The average Bonchev–Trinajstić information content (AvgIpc) is 2.65. The summed E-state index contributed by atoms with van der Waals surface area (Å²) in [5.41, 5.74) is 1.43. The number of halogens is 3. The second kappa shape index (κ2) is 6.33. The molecule has 1 atom stereocenters. The molecule has 0 aliphatic rings. The van der Waals surface area contributed by atoms with Gasteiger partial charge in [-0.15, -0.1) is 11.6 Å². The van der Waals surface area contributed by atoms with Crippen molar-refractivity contribution < 1.29 is 8.60 Å². The van der Waals surface area contributed by atoms with E-state index >= 15 is 0 Å². The van der Waals surface area contributed by atoms with Crippen LogP contribution in [0.2, 0.25) is 0 Å². The number of nitrogens with zero attached hydrogens (tertiary/aromatic N) is 2. The van der Waals surface area contributed by atoms with Crippen LogP contribution in [0, 0.1) is 5.82 Å². The Morgan fingerprint density at radius 2 is 2.26 bits per heavy atom. The SMILES string of the molecule is CS(=O)CCn1c(CCCl)nc2cc(F)c(Br)cc21. The van der Waals surface area contributed by atoms with Crippen molar-refractivity contribution in [3.05, 3.63) is 28.2 Å². The van der Waals surface area contributed by atoms with E-state index in [1.165, 1.54) is 6.07 Å². The zero-order valence-electron chi connectivity index (χ0n) is 10.3. The number of alkyl halides is 1. The van der Waals surface area contributed by atoms with E-state index in [1.54, 1.807) is 12.3 Å². The topological polar surface area (TPSA) is 34.9 Å². The number of fused-ring (bicyclic) bond motifs is 1. The van der Waals surface area contributed by atoms with Crippen LogP contribution in [0.15, 0.2) is 16.6 Å². The van der Waals surface area contributed by atoms with Crippen LogP contribution < -0.4 is 0 Å². The first-order valence-electron chi connectivity index (χ1n) is 5.73. The molecule has 1 unspecified atom stereocenters. The summed E-state index contributed by atoms with van der Waals surface area (Å²) in [6.07, 6.45) is 2.27. The number of aryl methyl sites for hydroxylation is 2. The molecule has 0 amide bonds. The maximum absolute atomic E-state index is 13.5. The Morgan fingerprint density at radius 1 is 1.53 bits per heavy atom. The smallest absolute Gasteiger partial charge is 0.139 e. The first-order valence-corrected chi connectivity index (χ1v) is 8.78. The molecule has 0 aliphatic heterocycles. The van der Waals surface area contributed by atoms with Crippen LogP contribution in [0.5, 0.6) is 0 Å². The molecule has 0 bridgehead atoms. The molecule has 104 valence electrons. The minimum atomic E-state index is -0.882. The zero-order chi connectivity index (χ0) is 14.0. The van der Waals surface area contributed by atoms with Crippen molar-refractivity contribution in [1.82, 2.24) is 9.55 Å². The van der Waals surface area contributed by atoms with E-state index in [2.05, 4.69) is 20.9 Å². The number of hydrogen-bond acceptors (Lipinski definition) is 2. The second-order valence-corrected chi connectivity index (χ2v) is 6.94. The first-order chi connectivity index (χ1) is 9.02. The lowest BCUT2D eigenvalue weighted by Crippen LogP contribution is -2.10. The summed E-state index contributed by atoms with van der Waals surface area (Å²) < 4.78 is 27.1. The van der Waals surface area contributed by atoms with Gasteiger partial charge in [-0.05, 0) is 22.0 Å². The third kappa shape index (κ3) is 3.35. The van der Waals surface area contributed by atoms with Crippen LogP contribution in [-0.2, 0) is 23.8 Å². The van der Waals surface area contributed by atoms with Crippen molar-refractivity contribution in [3.8, 4) is 0 Å². The van der Waals surface area contributed by atoms with Gasteiger partial charge in [0.2, 0.25) is 0 Å². The summed E-state index contributed by atoms with van der Waals surface area (Å²) in [5, 5.41) is 0. The van der Waals surface area contributed by atoms with Gasteiger partial charge < -0.3 is 4.57 Å². The fourth-order valence-electron chi connectivity index (χ4n) is 1.91. The number of aromatic nitrogens is 2. The van der Waals surface area contributed by atoms with Crippen molar-refractivity contribution in [3.63, 3.8) is 0 Å². The van der Waals surface area contributed by atoms with E-state index in [1.807, 2.05) is 4.57 Å². The molecule has 0 aliphatic carbocycles. The van der Waals surface area contributed by atoms with Crippen LogP contribution in [0.3, 0.4) is 0 Å². The highest BCUT2D eigenvalue weighted by molar-refractivity contribution is 9.10. The summed E-state index contributed by atoms with van der Waals surface area (Å²) in [6, 6.07) is 3.10. The molecule has 1 aromatic heterocycles. The highest BCUT2D eigenvalue weighted by atomic mass is 79.9. The Morgan fingerprint density at radius 3 is 2.89 bits per heavy atom. The van der Waals surface area contributed by atoms with Gasteiger partial charge in [0.15, 0.2) is 0 Å². The van der Waals surface area contributed by atoms with Crippen molar-refractivity contribution in [2.45, 2.75) is 13.0 Å². The van der Waals surface area contributed by atoms with Crippen molar-refractivity contribution in [2.24, 2.45) is 0 Å². The largest absolute Gasteiger partial charge is 0.327 e. The Balaban J connectivity index is 2.51. The monoisotopic (exact) mass is 366 g/mol. The number of benzene rings is 1. The minimum Gasteiger partial charge on any atom is -0.327 e. The fraction of sp³-hybridized carbons (Fsp3) is 0.417. The van der Waals surface area contributed by atoms with Gasteiger partial charge in [-0.2, -0.15) is 0 Å². The first kappa shape index (κ1) is 14.9. The normalized spacial score (nSPS) is 13.1. The highest BCUT2D eigenvalue weighted by Crippen LogP contribution is 2.24. The molecule has 19 heavy (non-hydrogen) atoms. The average molecular weight is 368 g/mol. The number of imidazole rings is 1. The van der Waals surface area contributed by atoms with Gasteiger partial charge in [0, 0.05) is 47.7 Å². The lowest BCUT2D eigenvalue weighted by atomic mass is 10.3. The molecule has 2 aromatic rings. The van der Waals surface area contributed by atoms with E-state index in [4.69, 9.17) is 11.6 Å². The van der Waals surface area contributed by atoms with E-state index in [9.17, 15) is 8.60 Å². The van der Waals surface area contributed by atoms with E-state index < -0.39 is 10.8 Å². The zero-order valence-corrected chi connectivity index (χ0v) is 13.5. The van der Waals surface area contributed by atoms with Gasteiger partial charge in [0.25, 0.3) is 0 Å². The highest BCUT2D eigenvalue weighted by Gasteiger charge is 2.13. The minimum absolute atomic E-state index is 0.339. The van der Waals surface area contributed by atoms with E-state index in [0.29, 0.717) is 34.6 Å². The van der Waals surface area contributed by atoms with Crippen molar-refractivity contribution >= 4 is 49.4 Å². The third-order valence-corrected chi connectivity index (χ3v) is 4.34. The van der Waals surface area contributed by atoms with Gasteiger partial charge >= 0.3 is 0 Å². The second-order valence-electron chi connectivity index (χ2n) is 4.15. The third-order valence-electron chi connectivity index (χ3n) is 2.79. The van der Waals surface area contributed by atoms with Gasteiger partial charge in [0.05, 0.1) is 15.5 Å². The Kier molecular flexibility index (Phi) is 4.97. The molecular weight excluding hydrogens is 355 g/mol. The maximum atomic E-state index is 13.5. The molecule has 2 rings (SSSR count). The molecule has 0 radical (unpaired) electrons. The lowest BCUT2D eigenvalue weighted by molar-refractivity contribution is 0.622. The summed E-state index contributed by atoms with van der Waals surface area (Å²) in [5.74, 6) is 1.44. The molecular formula is C12H13BrClFN2OS. The lowest BCUT2D eigenvalue weighted by Gasteiger charge is -2.07. The Bertz CT molecular complexity index is 632. The van der Waals surface area contributed by atoms with Crippen LogP contribution in [0.4, 0.5) is 4.39 Å². The van der Waals surface area contributed by atoms with Crippen LogP contribution >= 0.6 is 27.5 Å². The van der Waals surface area contributed by atoms with E-state index in [0.717, 1.165) is 11.3 Å². The maximum Gasteiger partial charge on any atom is 0.139 e. The van der Waals surface area contributed by atoms with Gasteiger partial charge in [0.1, 0.15) is 11.6 Å². The molecule has 1 aromatic carbocycles. The van der Waals surface area contributed by atoms with Crippen molar-refractivity contribution in [1.29, 1.82) is 0 Å². The predicted molar refractivity (Wildman–Crippen MR) is 80.7 cm³/mol. The summed E-state index contributed by atoms with van der Waals surface area (Å²) in [4.78, 5) is 4.40. The molecule has 0 saturated carbocycles. The standard InChI is InChI=1S/C12H13BrClFN2OS/c1-19(18)5-4-17-11-6-8(13)9(15)7-10(11)16-12(17)2-3-14/h6-7H,2-5H2,1H3. The Hall–Kier alpha value is -0.460. The van der Waals surface area contributed by atoms with Crippen LogP contribution in [-0.4, -0.2) is 31.6 Å². The molecule has 0 fully saturated rings. The predicted octanol–water partition coefficient (Wildman–Crippen LogP) is 3.10. The molecule has 7 heteroatoms. The quantitative estimate of drug-likeness (QED) is 0.761. The van der Waals surface area contributed by atoms with Gasteiger partial charge in [-0.1, -0.05) is 0 Å². The molecule has 1 heterocycles. The van der Waals surface area contributed by atoms with Gasteiger partial charge in [-0.25, -0.2) is 9.37 Å². The fourth-order valence-corrected chi connectivity index (χ4v) is 2.85. The summed E-state index contributed by atoms with van der Waals surface area (Å²) >= 11 is 8.94. The molecule has 0 saturated heterocycles. The number of hydrogen-bond donors (Lipinski definition) is 0. The summed E-state index contributed by atoms with van der Waals surface area (Å²) in [7, 11) is -0.882. The van der Waals surface area contributed by atoms with Crippen LogP contribution in [0.1, 0.15) is 5.82 Å². The van der Waals surface area contributed by atoms with E-state index in [-0.39, 0.29) is 5.82 Å². The summed E-state index contributed by atoms with van der Waals surface area (Å²) in [6.45, 7) is 0.587. The molecule has 0 spiro atoms. The molecule has 0 N–H and O–H groups in total. The van der Waals surface area contributed by atoms with Gasteiger partial charge in [-0.3, -0.25) is 4.21 Å².